The predicted molar refractivity (Wildman–Crippen MR) is 115 cm³/mol. The van der Waals surface area contributed by atoms with Crippen molar-refractivity contribution in [2.45, 2.75) is 26.3 Å². The Morgan fingerprint density at radius 3 is 2.06 bits per heavy atom. The average Bonchev–Trinajstić information content (AvgIpc) is 3.26. The third kappa shape index (κ3) is 3.90. The van der Waals surface area contributed by atoms with E-state index in [1.54, 1.807) is 68.4 Å². The van der Waals surface area contributed by atoms with Gasteiger partial charge in [0, 0.05) is 6.42 Å². The molecule has 0 saturated carbocycles. The summed E-state index contributed by atoms with van der Waals surface area (Å²) in [5.74, 6) is -1.37. The van der Waals surface area contributed by atoms with Gasteiger partial charge in [-0.25, -0.2) is 0 Å². The summed E-state index contributed by atoms with van der Waals surface area (Å²) in [6, 6.07) is 15.9. The van der Waals surface area contributed by atoms with Gasteiger partial charge in [0.15, 0.2) is 0 Å². The Hall–Kier alpha value is -4.20. The molecule has 2 heterocycles. The lowest BCUT2D eigenvalue weighted by Gasteiger charge is -2.25. The predicted octanol–water partition coefficient (Wildman–Crippen LogP) is 2.56. The number of amides is 4. The fraction of sp³-hybridized carbons (Fsp3) is 0.167. The number of nitrogens with zero attached hydrogens (tertiary/aromatic N) is 1. The largest absolute Gasteiger partial charge is 0.466 e. The molecule has 0 saturated heterocycles. The summed E-state index contributed by atoms with van der Waals surface area (Å²) >= 11 is 0. The molecule has 2 aromatic carbocycles. The van der Waals surface area contributed by atoms with E-state index in [2.05, 4.69) is 10.9 Å². The number of benzene rings is 2. The molecule has 0 bridgehead atoms. The number of hydrazine groups is 1. The van der Waals surface area contributed by atoms with E-state index in [4.69, 9.17) is 4.42 Å². The molecule has 1 atom stereocenters. The fourth-order valence-electron chi connectivity index (χ4n) is 3.75. The Morgan fingerprint density at radius 1 is 0.906 bits per heavy atom. The first-order valence-electron chi connectivity index (χ1n) is 10.0. The Morgan fingerprint density at radius 2 is 1.50 bits per heavy atom. The molecule has 2 N–H and O–H groups in total. The van der Waals surface area contributed by atoms with Crippen LogP contribution in [0.3, 0.4) is 0 Å². The minimum absolute atomic E-state index is 0.0951. The maximum atomic E-state index is 13.1. The van der Waals surface area contributed by atoms with Gasteiger partial charge in [-0.3, -0.25) is 34.9 Å². The summed E-state index contributed by atoms with van der Waals surface area (Å²) in [7, 11) is 0. The number of carbonyl (C=O) groups excluding carboxylic acids is 4. The Kier molecular flexibility index (Phi) is 5.59. The number of hydrogen-bond donors (Lipinski definition) is 2. The highest BCUT2D eigenvalue weighted by Crippen LogP contribution is 2.26. The van der Waals surface area contributed by atoms with Crippen molar-refractivity contribution in [3.8, 4) is 0 Å². The molecule has 1 aromatic heterocycles. The van der Waals surface area contributed by atoms with Gasteiger partial charge in [0.2, 0.25) is 0 Å². The number of aryl methyl sites for hydroxylation is 2. The zero-order valence-corrected chi connectivity index (χ0v) is 17.5. The van der Waals surface area contributed by atoms with Crippen LogP contribution in [0.4, 0.5) is 0 Å². The molecule has 0 aliphatic carbocycles. The van der Waals surface area contributed by atoms with E-state index >= 15 is 0 Å². The van der Waals surface area contributed by atoms with Crippen LogP contribution in [-0.4, -0.2) is 34.6 Å². The van der Waals surface area contributed by atoms with Gasteiger partial charge in [-0.2, -0.15) is 0 Å². The molecule has 1 unspecified atom stereocenters. The first-order valence-corrected chi connectivity index (χ1v) is 10.0. The van der Waals surface area contributed by atoms with Crippen molar-refractivity contribution in [1.29, 1.82) is 0 Å². The van der Waals surface area contributed by atoms with Crippen molar-refractivity contribution < 1.29 is 23.6 Å². The lowest BCUT2D eigenvalue weighted by Crippen LogP contribution is -2.54. The summed E-state index contributed by atoms with van der Waals surface area (Å²) in [5, 5.41) is 0. The van der Waals surface area contributed by atoms with Crippen LogP contribution in [0.2, 0.25) is 0 Å². The molecule has 1 aliphatic heterocycles. The van der Waals surface area contributed by atoms with Crippen molar-refractivity contribution in [3.63, 3.8) is 0 Å². The molecular formula is C24H21N3O5. The van der Waals surface area contributed by atoms with Gasteiger partial charge in [-0.15, -0.1) is 0 Å². The van der Waals surface area contributed by atoms with E-state index in [9.17, 15) is 19.2 Å². The van der Waals surface area contributed by atoms with Crippen LogP contribution in [0.15, 0.2) is 65.1 Å². The van der Waals surface area contributed by atoms with Crippen LogP contribution >= 0.6 is 0 Å². The van der Waals surface area contributed by atoms with Gasteiger partial charge in [0.05, 0.1) is 16.7 Å². The van der Waals surface area contributed by atoms with Gasteiger partial charge >= 0.3 is 0 Å². The monoisotopic (exact) mass is 431 g/mol. The van der Waals surface area contributed by atoms with Crippen molar-refractivity contribution in [3.05, 3.63) is 94.4 Å². The van der Waals surface area contributed by atoms with Crippen molar-refractivity contribution in [1.82, 2.24) is 15.8 Å². The van der Waals surface area contributed by atoms with Crippen LogP contribution in [-0.2, 0) is 11.2 Å². The number of imide groups is 1. The van der Waals surface area contributed by atoms with Crippen LogP contribution < -0.4 is 10.9 Å². The molecule has 3 aromatic rings. The molecule has 162 valence electrons. The zero-order chi connectivity index (χ0) is 22.8. The Labute approximate surface area is 184 Å². The highest BCUT2D eigenvalue weighted by Gasteiger charge is 2.42. The highest BCUT2D eigenvalue weighted by molar-refractivity contribution is 6.22. The number of carbonyl (C=O) groups is 4. The lowest BCUT2D eigenvalue weighted by atomic mass is 10.0. The maximum absolute atomic E-state index is 13.1. The van der Waals surface area contributed by atoms with Crippen LogP contribution in [0.1, 0.15) is 48.2 Å². The zero-order valence-electron chi connectivity index (χ0n) is 17.5. The smallest absolute Gasteiger partial charge is 0.273 e. The molecule has 32 heavy (non-hydrogen) atoms. The van der Waals surface area contributed by atoms with E-state index in [1.165, 1.54) is 0 Å². The molecule has 1 aliphatic rings. The van der Waals surface area contributed by atoms with E-state index in [1.807, 2.05) is 6.07 Å². The summed E-state index contributed by atoms with van der Waals surface area (Å²) in [5.41, 5.74) is 6.24. The molecule has 0 spiro atoms. The lowest BCUT2D eigenvalue weighted by molar-refractivity contribution is -0.125. The Bertz CT molecular complexity index is 1180. The minimum atomic E-state index is -1.16. The minimum Gasteiger partial charge on any atom is -0.466 e. The Balaban J connectivity index is 1.58. The van der Waals surface area contributed by atoms with E-state index in [-0.39, 0.29) is 23.1 Å². The summed E-state index contributed by atoms with van der Waals surface area (Å²) in [6.45, 7) is 3.35. The summed E-state index contributed by atoms with van der Waals surface area (Å²) in [6.07, 6.45) is 0.0951. The van der Waals surface area contributed by atoms with Crippen LogP contribution in [0.5, 0.6) is 0 Å². The summed E-state index contributed by atoms with van der Waals surface area (Å²) in [4.78, 5) is 52.5. The number of nitrogens with one attached hydrogen (secondary N) is 2. The van der Waals surface area contributed by atoms with Gasteiger partial charge in [0.25, 0.3) is 23.6 Å². The third-order valence-corrected chi connectivity index (χ3v) is 5.30. The van der Waals surface area contributed by atoms with Crippen LogP contribution in [0.25, 0.3) is 0 Å². The molecule has 4 amide bonds. The van der Waals surface area contributed by atoms with Crippen LogP contribution in [0, 0.1) is 13.8 Å². The van der Waals surface area contributed by atoms with E-state index in [0.717, 1.165) is 10.5 Å². The molecule has 4 rings (SSSR count). The molecule has 8 heteroatoms. The molecular weight excluding hydrogens is 410 g/mol. The van der Waals surface area contributed by atoms with Crippen molar-refractivity contribution in [2.24, 2.45) is 0 Å². The van der Waals surface area contributed by atoms with Crippen molar-refractivity contribution in [2.75, 3.05) is 0 Å². The second-order valence-corrected chi connectivity index (χ2v) is 7.50. The van der Waals surface area contributed by atoms with Gasteiger partial charge in [-0.05, 0) is 37.6 Å². The van der Waals surface area contributed by atoms with Crippen molar-refractivity contribution >= 4 is 23.6 Å². The normalized spacial score (nSPS) is 13.6. The molecule has 0 radical (unpaired) electrons. The first kappa shape index (κ1) is 21.0. The number of fused-ring (bicyclic) bond motifs is 1. The average molecular weight is 431 g/mol. The topological polar surface area (TPSA) is 109 Å². The second kappa shape index (κ2) is 8.50. The van der Waals surface area contributed by atoms with E-state index < -0.39 is 29.7 Å². The SMILES string of the molecule is Cc1cc(C(=O)NNC(=O)C(Cc2ccccc2)N2C(=O)c3ccccc3C2=O)c(C)o1. The highest BCUT2D eigenvalue weighted by atomic mass is 16.3. The quantitative estimate of drug-likeness (QED) is 0.477. The maximum Gasteiger partial charge on any atom is 0.273 e. The van der Waals surface area contributed by atoms with Gasteiger partial charge in [0.1, 0.15) is 17.6 Å². The summed E-state index contributed by atoms with van der Waals surface area (Å²) < 4.78 is 5.34. The van der Waals surface area contributed by atoms with Gasteiger partial charge in [-0.1, -0.05) is 42.5 Å². The number of furan rings is 1. The third-order valence-electron chi connectivity index (χ3n) is 5.30. The first-order chi connectivity index (χ1) is 15.4. The standard InChI is InChI=1S/C24H21N3O5/c1-14-12-19(15(2)32-14)21(28)25-26-22(29)20(13-16-8-4-3-5-9-16)27-23(30)17-10-6-7-11-18(17)24(27)31/h3-12,20H,13H2,1-2H3,(H,25,28)(H,26,29). The van der Waals surface area contributed by atoms with Gasteiger partial charge < -0.3 is 4.42 Å². The number of hydrogen-bond acceptors (Lipinski definition) is 5. The fourth-order valence-corrected chi connectivity index (χ4v) is 3.75. The molecule has 0 fully saturated rings. The molecule has 8 nitrogen and oxygen atoms in total. The number of rotatable bonds is 5. The second-order valence-electron chi connectivity index (χ2n) is 7.50. The van der Waals surface area contributed by atoms with E-state index in [0.29, 0.717) is 11.5 Å².